The minimum Gasteiger partial charge on any atom is -0.473 e. The van der Waals surface area contributed by atoms with Crippen LogP contribution in [0.15, 0.2) is 0 Å². The molecule has 0 amide bonds. The highest BCUT2D eigenvalue weighted by Crippen LogP contribution is 2.32. The van der Waals surface area contributed by atoms with Gasteiger partial charge in [-0.2, -0.15) is 5.10 Å². The van der Waals surface area contributed by atoms with Gasteiger partial charge in [0.05, 0.1) is 5.69 Å². The van der Waals surface area contributed by atoms with E-state index in [1.54, 1.807) is 4.68 Å². The maximum Gasteiger partial charge on any atom is 0.236 e. The smallest absolute Gasteiger partial charge is 0.236 e. The van der Waals surface area contributed by atoms with Crippen molar-refractivity contribution in [2.45, 2.75) is 64.9 Å². The lowest BCUT2D eigenvalue weighted by atomic mass is 9.85. The van der Waals surface area contributed by atoms with Crippen LogP contribution in [0, 0.1) is 5.92 Å². The molecule has 2 atom stereocenters. The largest absolute Gasteiger partial charge is 0.473 e. The van der Waals surface area contributed by atoms with E-state index >= 15 is 0 Å². The Hall–Kier alpha value is -1.19. The van der Waals surface area contributed by atoms with Crippen LogP contribution in [0.5, 0.6) is 5.88 Å². The minimum absolute atomic E-state index is 0.311. The second kappa shape index (κ2) is 6.31. The summed E-state index contributed by atoms with van der Waals surface area (Å²) in [5.41, 5.74) is 7.88. The monoisotopic (exact) mass is 265 g/mol. The maximum absolute atomic E-state index is 6.17. The minimum atomic E-state index is 0.311. The van der Waals surface area contributed by atoms with Crippen molar-refractivity contribution in [2.75, 3.05) is 5.73 Å². The van der Waals surface area contributed by atoms with E-state index in [1.165, 1.54) is 19.3 Å². The van der Waals surface area contributed by atoms with Crippen LogP contribution in [0.2, 0.25) is 0 Å². The van der Waals surface area contributed by atoms with Gasteiger partial charge in [-0.3, -0.25) is 0 Å². The Morgan fingerprint density at radius 3 is 2.84 bits per heavy atom. The van der Waals surface area contributed by atoms with Gasteiger partial charge in [0.2, 0.25) is 5.88 Å². The molecule has 0 saturated heterocycles. The molecule has 1 aliphatic rings. The molecule has 0 bridgehead atoms. The molecule has 0 spiro atoms. The van der Waals surface area contributed by atoms with E-state index in [1.807, 2.05) is 7.05 Å². The molecule has 19 heavy (non-hydrogen) atoms. The fourth-order valence-electron chi connectivity index (χ4n) is 3.02. The van der Waals surface area contributed by atoms with Gasteiger partial charge in [0, 0.05) is 7.05 Å². The Labute approximate surface area is 116 Å². The van der Waals surface area contributed by atoms with E-state index in [4.69, 9.17) is 10.5 Å². The normalized spacial score (nSPS) is 23.5. The van der Waals surface area contributed by atoms with Crippen LogP contribution in [0.3, 0.4) is 0 Å². The topological polar surface area (TPSA) is 53.1 Å². The number of ether oxygens (including phenoxy) is 1. The third-order valence-corrected chi connectivity index (χ3v) is 4.18. The summed E-state index contributed by atoms with van der Waals surface area (Å²) in [6.07, 6.45) is 8.45. The van der Waals surface area contributed by atoms with Crippen LogP contribution in [0.1, 0.15) is 58.1 Å². The van der Waals surface area contributed by atoms with Gasteiger partial charge in [-0.25, -0.2) is 4.68 Å². The van der Waals surface area contributed by atoms with Crippen LogP contribution >= 0.6 is 0 Å². The molecule has 1 fully saturated rings. The van der Waals surface area contributed by atoms with E-state index < -0.39 is 0 Å². The molecule has 1 saturated carbocycles. The molecular weight excluding hydrogens is 238 g/mol. The highest BCUT2D eigenvalue weighted by atomic mass is 16.5. The summed E-state index contributed by atoms with van der Waals surface area (Å²) in [6.45, 7) is 4.41. The molecule has 2 unspecified atom stereocenters. The highest BCUT2D eigenvalue weighted by Gasteiger charge is 2.24. The predicted molar refractivity (Wildman–Crippen MR) is 78.3 cm³/mol. The van der Waals surface area contributed by atoms with Crippen LogP contribution in [-0.2, 0) is 13.5 Å². The fraction of sp³-hybridized carbons (Fsp3) is 0.800. The summed E-state index contributed by atoms with van der Waals surface area (Å²) in [4.78, 5) is 0. The number of aromatic nitrogens is 2. The Balaban J connectivity index is 2.06. The van der Waals surface area contributed by atoms with Gasteiger partial charge >= 0.3 is 0 Å². The van der Waals surface area contributed by atoms with Crippen LogP contribution in [0.25, 0.3) is 0 Å². The second-order valence-electron chi connectivity index (χ2n) is 5.72. The standard InChI is InChI=1S/C15H27N3O/c1-4-7-13-14(16)15(18(3)17-13)19-12-9-6-8-11(5-2)10-12/h11-12H,4-10,16H2,1-3H3. The zero-order chi connectivity index (χ0) is 13.8. The van der Waals surface area contributed by atoms with E-state index in [-0.39, 0.29) is 0 Å². The zero-order valence-corrected chi connectivity index (χ0v) is 12.5. The number of nitrogens with zero attached hydrogens (tertiary/aromatic N) is 2. The summed E-state index contributed by atoms with van der Waals surface area (Å²) in [5.74, 6) is 1.58. The first-order chi connectivity index (χ1) is 9.15. The lowest BCUT2D eigenvalue weighted by Crippen LogP contribution is -2.26. The van der Waals surface area contributed by atoms with Gasteiger partial charge in [-0.15, -0.1) is 0 Å². The van der Waals surface area contributed by atoms with Gasteiger partial charge in [0.1, 0.15) is 11.8 Å². The lowest BCUT2D eigenvalue weighted by molar-refractivity contribution is 0.113. The van der Waals surface area contributed by atoms with E-state index in [2.05, 4.69) is 18.9 Å². The van der Waals surface area contributed by atoms with Crippen molar-refractivity contribution in [3.8, 4) is 5.88 Å². The van der Waals surface area contributed by atoms with Gasteiger partial charge in [-0.1, -0.05) is 33.1 Å². The quantitative estimate of drug-likeness (QED) is 0.888. The highest BCUT2D eigenvalue weighted by molar-refractivity contribution is 5.53. The number of nitrogen functional groups attached to an aromatic ring is 1. The van der Waals surface area contributed by atoms with Crippen molar-refractivity contribution in [1.29, 1.82) is 0 Å². The van der Waals surface area contributed by atoms with Crippen molar-refractivity contribution in [3.05, 3.63) is 5.69 Å². The molecular formula is C15H27N3O. The molecule has 1 heterocycles. The van der Waals surface area contributed by atoms with E-state index in [0.29, 0.717) is 6.10 Å². The third kappa shape index (κ3) is 3.23. The summed E-state index contributed by atoms with van der Waals surface area (Å²) in [5, 5.41) is 4.47. The number of hydrogen-bond donors (Lipinski definition) is 1. The van der Waals surface area contributed by atoms with Crippen LogP contribution in [0.4, 0.5) is 5.69 Å². The lowest BCUT2D eigenvalue weighted by Gasteiger charge is -2.28. The van der Waals surface area contributed by atoms with Crippen LogP contribution in [-0.4, -0.2) is 15.9 Å². The maximum atomic E-state index is 6.17. The summed E-state index contributed by atoms with van der Waals surface area (Å²) < 4.78 is 7.95. The summed E-state index contributed by atoms with van der Waals surface area (Å²) in [7, 11) is 1.92. The number of anilines is 1. The predicted octanol–water partition coefficient (Wildman–Crippen LogP) is 3.30. The molecule has 1 aromatic heterocycles. The molecule has 1 aromatic rings. The summed E-state index contributed by atoms with van der Waals surface area (Å²) >= 11 is 0. The molecule has 1 aliphatic carbocycles. The van der Waals surface area contributed by atoms with E-state index in [9.17, 15) is 0 Å². The Bertz CT molecular complexity index is 414. The molecule has 0 aliphatic heterocycles. The van der Waals surface area contributed by atoms with Gasteiger partial charge in [0.15, 0.2) is 0 Å². The van der Waals surface area contributed by atoms with Gasteiger partial charge in [-0.05, 0) is 31.6 Å². The molecule has 0 aromatic carbocycles. The molecule has 108 valence electrons. The van der Waals surface area contributed by atoms with Crippen molar-refractivity contribution in [1.82, 2.24) is 9.78 Å². The number of rotatable bonds is 5. The molecule has 2 rings (SSSR count). The molecule has 2 N–H and O–H groups in total. The van der Waals surface area contributed by atoms with E-state index in [0.717, 1.165) is 48.9 Å². The van der Waals surface area contributed by atoms with Crippen molar-refractivity contribution < 1.29 is 4.74 Å². The first-order valence-electron chi connectivity index (χ1n) is 7.63. The molecule has 4 nitrogen and oxygen atoms in total. The Kier molecular flexibility index (Phi) is 4.72. The number of aryl methyl sites for hydroxylation is 2. The van der Waals surface area contributed by atoms with Crippen molar-refractivity contribution in [3.63, 3.8) is 0 Å². The fourth-order valence-corrected chi connectivity index (χ4v) is 3.02. The van der Waals surface area contributed by atoms with Crippen LogP contribution < -0.4 is 10.5 Å². The SMILES string of the molecule is CCCc1nn(C)c(OC2CCCC(CC)C2)c1N. The van der Waals surface area contributed by atoms with Gasteiger partial charge in [0.25, 0.3) is 0 Å². The average molecular weight is 265 g/mol. The number of hydrogen-bond acceptors (Lipinski definition) is 3. The Morgan fingerprint density at radius 2 is 2.16 bits per heavy atom. The van der Waals surface area contributed by atoms with Crippen molar-refractivity contribution in [2.24, 2.45) is 13.0 Å². The zero-order valence-electron chi connectivity index (χ0n) is 12.5. The van der Waals surface area contributed by atoms with Crippen molar-refractivity contribution >= 4 is 5.69 Å². The average Bonchev–Trinajstić information content (AvgIpc) is 2.67. The second-order valence-corrected chi connectivity index (χ2v) is 5.72. The van der Waals surface area contributed by atoms with Gasteiger partial charge < -0.3 is 10.5 Å². The first kappa shape index (κ1) is 14.2. The molecule has 0 radical (unpaired) electrons. The Morgan fingerprint density at radius 1 is 1.37 bits per heavy atom. The summed E-state index contributed by atoms with van der Waals surface area (Å²) in [6, 6.07) is 0. The molecule has 4 heteroatoms. The first-order valence-corrected chi connectivity index (χ1v) is 7.63. The number of nitrogens with two attached hydrogens (primary N) is 1. The third-order valence-electron chi connectivity index (χ3n) is 4.18.